The molecule has 0 radical (unpaired) electrons. The number of anilines is 1. The number of piperidine rings is 1. The normalized spacial score (nSPS) is 20.5. The molecule has 0 spiro atoms. The minimum atomic E-state index is -0.814. The zero-order chi connectivity index (χ0) is 19.2. The van der Waals surface area contributed by atoms with Gasteiger partial charge in [0, 0.05) is 52.0 Å². The van der Waals surface area contributed by atoms with E-state index < -0.39 is 6.10 Å². The van der Waals surface area contributed by atoms with E-state index in [0.717, 1.165) is 52.2 Å². The van der Waals surface area contributed by atoms with Crippen LogP contribution >= 0.6 is 0 Å². The Labute approximate surface area is 160 Å². The van der Waals surface area contributed by atoms with E-state index in [9.17, 15) is 9.90 Å². The summed E-state index contributed by atoms with van der Waals surface area (Å²) >= 11 is 0. The van der Waals surface area contributed by atoms with Gasteiger partial charge in [-0.1, -0.05) is 0 Å². The number of likely N-dealkylation sites (tertiary alicyclic amines) is 1. The van der Waals surface area contributed by atoms with Crippen LogP contribution in [-0.4, -0.2) is 103 Å². The maximum Gasteiger partial charge on any atom is 0.255 e. The van der Waals surface area contributed by atoms with Gasteiger partial charge in [-0.05, 0) is 25.0 Å². The van der Waals surface area contributed by atoms with Gasteiger partial charge in [0.25, 0.3) is 5.91 Å². The number of aliphatic hydroxyl groups is 2. The van der Waals surface area contributed by atoms with E-state index in [-0.39, 0.29) is 19.1 Å². The Morgan fingerprint density at radius 1 is 1.30 bits per heavy atom. The van der Waals surface area contributed by atoms with Crippen LogP contribution < -0.4 is 4.90 Å². The van der Waals surface area contributed by atoms with Crippen LogP contribution in [0.15, 0.2) is 18.3 Å². The third-order valence-corrected chi connectivity index (χ3v) is 5.40. The van der Waals surface area contributed by atoms with E-state index in [0.29, 0.717) is 17.4 Å². The minimum Gasteiger partial charge on any atom is -0.394 e. The zero-order valence-corrected chi connectivity index (χ0v) is 16.0. The van der Waals surface area contributed by atoms with Gasteiger partial charge in [0.2, 0.25) is 0 Å². The highest BCUT2D eigenvalue weighted by molar-refractivity contribution is 5.94. The van der Waals surface area contributed by atoms with Crippen LogP contribution in [0.2, 0.25) is 0 Å². The smallest absolute Gasteiger partial charge is 0.255 e. The largest absolute Gasteiger partial charge is 0.394 e. The molecule has 3 heterocycles. The van der Waals surface area contributed by atoms with Crippen LogP contribution in [0.5, 0.6) is 0 Å². The number of likely N-dealkylation sites (N-methyl/N-ethyl adjacent to an activating group) is 1. The summed E-state index contributed by atoms with van der Waals surface area (Å²) in [5.41, 5.74) is 0.583. The van der Waals surface area contributed by atoms with Crippen molar-refractivity contribution in [1.29, 1.82) is 0 Å². The summed E-state index contributed by atoms with van der Waals surface area (Å²) in [5.74, 6) is 0.678. The lowest BCUT2D eigenvalue weighted by atomic mass is 10.0. The third-order valence-electron chi connectivity index (χ3n) is 5.40. The van der Waals surface area contributed by atoms with Crippen molar-refractivity contribution in [2.24, 2.45) is 0 Å². The Morgan fingerprint density at radius 2 is 2.00 bits per heavy atom. The SMILES string of the molecule is CN(C[C@H](O)CO)c1ccc(C(=O)N2CCC(N3CCOCC3)CC2)cn1. The van der Waals surface area contributed by atoms with Gasteiger partial charge < -0.3 is 24.7 Å². The minimum absolute atomic E-state index is 0.0209. The molecule has 8 heteroatoms. The fraction of sp³-hybridized carbons (Fsp3) is 0.684. The molecule has 3 rings (SSSR count). The van der Waals surface area contributed by atoms with Gasteiger partial charge in [-0.25, -0.2) is 4.98 Å². The lowest BCUT2D eigenvalue weighted by Crippen LogP contribution is -2.50. The van der Waals surface area contributed by atoms with Crippen LogP contribution in [-0.2, 0) is 4.74 Å². The Balaban J connectivity index is 1.52. The summed E-state index contributed by atoms with van der Waals surface area (Å²) in [7, 11) is 1.79. The number of rotatable bonds is 6. The number of morpholine rings is 1. The number of carbonyl (C=O) groups is 1. The lowest BCUT2D eigenvalue weighted by molar-refractivity contribution is 0.00158. The fourth-order valence-electron chi connectivity index (χ4n) is 3.77. The van der Waals surface area contributed by atoms with Crippen molar-refractivity contribution >= 4 is 11.7 Å². The molecule has 2 N–H and O–H groups in total. The van der Waals surface area contributed by atoms with Gasteiger partial charge in [0.1, 0.15) is 5.82 Å². The summed E-state index contributed by atoms with van der Waals surface area (Å²) in [6.07, 6.45) is 2.77. The number of aliphatic hydroxyl groups excluding tert-OH is 2. The molecule has 0 saturated carbocycles. The molecule has 150 valence electrons. The van der Waals surface area contributed by atoms with Gasteiger partial charge in [-0.2, -0.15) is 0 Å². The van der Waals surface area contributed by atoms with Gasteiger partial charge in [0.05, 0.1) is 31.5 Å². The second kappa shape index (κ2) is 9.45. The van der Waals surface area contributed by atoms with E-state index in [2.05, 4.69) is 9.88 Å². The predicted molar refractivity (Wildman–Crippen MR) is 102 cm³/mol. The molecule has 27 heavy (non-hydrogen) atoms. The number of amides is 1. The second-order valence-electron chi connectivity index (χ2n) is 7.29. The Morgan fingerprint density at radius 3 is 2.59 bits per heavy atom. The van der Waals surface area contributed by atoms with Gasteiger partial charge >= 0.3 is 0 Å². The molecular weight excluding hydrogens is 348 g/mol. The molecular formula is C19H30N4O4. The number of pyridine rings is 1. The first-order chi connectivity index (χ1) is 13.1. The van der Waals surface area contributed by atoms with Crippen molar-refractivity contribution in [1.82, 2.24) is 14.8 Å². The molecule has 0 unspecified atom stereocenters. The summed E-state index contributed by atoms with van der Waals surface area (Å²) < 4.78 is 5.42. The van der Waals surface area contributed by atoms with E-state index in [1.165, 1.54) is 0 Å². The van der Waals surface area contributed by atoms with Crippen molar-refractivity contribution < 1.29 is 19.7 Å². The summed E-state index contributed by atoms with van der Waals surface area (Å²) in [5, 5.41) is 18.5. The Hall–Kier alpha value is -1.74. The Kier molecular flexibility index (Phi) is 7.01. The van der Waals surface area contributed by atoms with Gasteiger partial charge in [-0.15, -0.1) is 0 Å². The number of ether oxygens (including phenoxy) is 1. The standard InChI is InChI=1S/C19H30N4O4/c1-21(13-17(25)14-24)18-3-2-15(12-20-18)19(26)23-6-4-16(5-7-23)22-8-10-27-11-9-22/h2-3,12,16-17,24-25H,4-11,13-14H2,1H3/t17-/m0/s1. The molecule has 1 aromatic rings. The van der Waals surface area contributed by atoms with Gasteiger partial charge in [-0.3, -0.25) is 9.69 Å². The first-order valence-corrected chi connectivity index (χ1v) is 9.65. The third kappa shape index (κ3) is 5.16. The maximum absolute atomic E-state index is 12.8. The number of hydrogen-bond donors (Lipinski definition) is 2. The molecule has 2 aliphatic rings. The number of nitrogens with zero attached hydrogens (tertiary/aromatic N) is 4. The topological polar surface area (TPSA) is 89.4 Å². The molecule has 0 aromatic carbocycles. The predicted octanol–water partition coefficient (Wildman–Crippen LogP) is -0.192. The number of aromatic nitrogens is 1. The highest BCUT2D eigenvalue weighted by Gasteiger charge is 2.28. The van der Waals surface area contributed by atoms with Crippen molar-refractivity contribution in [3.63, 3.8) is 0 Å². The molecule has 2 aliphatic heterocycles. The van der Waals surface area contributed by atoms with Crippen LogP contribution in [0.1, 0.15) is 23.2 Å². The first kappa shape index (κ1) is 20.0. The van der Waals surface area contributed by atoms with Crippen molar-refractivity contribution in [3.05, 3.63) is 23.9 Å². The summed E-state index contributed by atoms with van der Waals surface area (Å²) in [4.78, 5) is 23.2. The number of carbonyl (C=O) groups excluding carboxylic acids is 1. The molecule has 0 aliphatic carbocycles. The lowest BCUT2D eigenvalue weighted by Gasteiger charge is -2.40. The van der Waals surface area contributed by atoms with Crippen molar-refractivity contribution in [3.8, 4) is 0 Å². The van der Waals surface area contributed by atoms with Crippen LogP contribution in [0.25, 0.3) is 0 Å². The monoisotopic (exact) mass is 378 g/mol. The quantitative estimate of drug-likeness (QED) is 0.709. The van der Waals surface area contributed by atoms with E-state index in [1.54, 1.807) is 30.3 Å². The average Bonchev–Trinajstić information content (AvgIpc) is 2.74. The highest BCUT2D eigenvalue weighted by atomic mass is 16.5. The molecule has 2 saturated heterocycles. The van der Waals surface area contributed by atoms with Crippen LogP contribution in [0.3, 0.4) is 0 Å². The first-order valence-electron chi connectivity index (χ1n) is 9.65. The molecule has 2 fully saturated rings. The fourth-order valence-corrected chi connectivity index (χ4v) is 3.77. The summed E-state index contributed by atoms with van der Waals surface area (Å²) in [6.45, 7) is 5.12. The summed E-state index contributed by atoms with van der Waals surface area (Å²) in [6, 6.07) is 4.10. The van der Waals surface area contributed by atoms with Gasteiger partial charge in [0.15, 0.2) is 0 Å². The molecule has 1 aromatic heterocycles. The molecule has 1 atom stereocenters. The van der Waals surface area contributed by atoms with E-state index in [1.807, 2.05) is 4.90 Å². The average molecular weight is 378 g/mol. The second-order valence-corrected chi connectivity index (χ2v) is 7.29. The number of hydrogen-bond acceptors (Lipinski definition) is 7. The highest BCUT2D eigenvalue weighted by Crippen LogP contribution is 2.20. The molecule has 0 bridgehead atoms. The zero-order valence-electron chi connectivity index (χ0n) is 16.0. The maximum atomic E-state index is 12.8. The molecule has 1 amide bonds. The van der Waals surface area contributed by atoms with E-state index >= 15 is 0 Å². The van der Waals surface area contributed by atoms with Crippen LogP contribution in [0.4, 0.5) is 5.82 Å². The van der Waals surface area contributed by atoms with E-state index in [4.69, 9.17) is 9.84 Å². The molecule has 8 nitrogen and oxygen atoms in total. The van der Waals surface area contributed by atoms with Crippen molar-refractivity contribution in [2.45, 2.75) is 25.0 Å². The van der Waals surface area contributed by atoms with Crippen molar-refractivity contribution in [2.75, 3.05) is 64.5 Å². The Bertz CT molecular complexity index is 598. The van der Waals surface area contributed by atoms with Crippen LogP contribution in [0, 0.1) is 0 Å².